The first-order chi connectivity index (χ1) is 7.16. The number of aliphatic carboxylic acids is 1. The topological polar surface area (TPSA) is 72.6 Å². The zero-order chi connectivity index (χ0) is 10.8. The van der Waals surface area contributed by atoms with Gasteiger partial charge in [-0.05, 0) is 23.4 Å². The fraction of sp³-hybridized carbons (Fsp3) is 0.111. The number of halogens is 1. The van der Waals surface area contributed by atoms with E-state index in [4.69, 9.17) is 14.4 Å². The molecule has 2 aromatic rings. The standard InChI is InChI=1S/C9H6FNO4/c10-5-1-2-7-6(3-5)9(11-15-7)14-4-8(12)13/h1-3H,4H2,(H,12,13). The summed E-state index contributed by atoms with van der Waals surface area (Å²) < 4.78 is 22.5. The van der Waals surface area contributed by atoms with Crippen molar-refractivity contribution in [1.82, 2.24) is 5.16 Å². The molecule has 0 aliphatic heterocycles. The minimum Gasteiger partial charge on any atom is -0.479 e. The number of ether oxygens (including phenoxy) is 1. The first kappa shape index (κ1) is 9.45. The number of aromatic nitrogens is 1. The molecule has 0 radical (unpaired) electrons. The Balaban J connectivity index is 2.35. The van der Waals surface area contributed by atoms with E-state index in [2.05, 4.69) is 5.16 Å². The number of hydrogen-bond acceptors (Lipinski definition) is 4. The summed E-state index contributed by atoms with van der Waals surface area (Å²) in [5.41, 5.74) is 0.344. The van der Waals surface area contributed by atoms with Gasteiger partial charge in [0.25, 0.3) is 5.88 Å². The van der Waals surface area contributed by atoms with Crippen LogP contribution < -0.4 is 4.74 Å². The van der Waals surface area contributed by atoms with Crippen LogP contribution in [0.15, 0.2) is 22.7 Å². The molecule has 0 bridgehead atoms. The second-order valence-corrected chi connectivity index (χ2v) is 2.81. The number of carbonyl (C=O) groups is 1. The molecule has 1 N–H and O–H groups in total. The molecule has 0 amide bonds. The van der Waals surface area contributed by atoms with E-state index in [1.54, 1.807) is 0 Å². The van der Waals surface area contributed by atoms with Crippen LogP contribution in [0.2, 0.25) is 0 Å². The van der Waals surface area contributed by atoms with Gasteiger partial charge in [0.1, 0.15) is 5.82 Å². The van der Waals surface area contributed by atoms with E-state index in [0.717, 1.165) is 0 Å². The molecule has 1 aromatic carbocycles. The summed E-state index contributed by atoms with van der Waals surface area (Å²) in [5.74, 6) is -1.62. The van der Waals surface area contributed by atoms with Gasteiger partial charge in [-0.3, -0.25) is 0 Å². The molecule has 0 atom stereocenters. The van der Waals surface area contributed by atoms with Gasteiger partial charge in [0.05, 0.1) is 5.39 Å². The summed E-state index contributed by atoms with van der Waals surface area (Å²) in [6.45, 7) is -0.544. The molecule has 2 rings (SSSR count). The predicted molar refractivity (Wildman–Crippen MR) is 47.1 cm³/mol. The largest absolute Gasteiger partial charge is 0.479 e. The lowest BCUT2D eigenvalue weighted by atomic mass is 10.2. The highest BCUT2D eigenvalue weighted by molar-refractivity contribution is 5.82. The molecule has 6 heteroatoms. The molecule has 0 spiro atoms. The molecular formula is C9H6FNO4. The Labute approximate surface area is 83.0 Å². The quantitative estimate of drug-likeness (QED) is 0.831. The Bertz CT molecular complexity index is 508. The SMILES string of the molecule is O=C(O)COc1noc2ccc(F)cc12. The third-order valence-corrected chi connectivity index (χ3v) is 1.73. The highest BCUT2D eigenvalue weighted by atomic mass is 19.1. The maximum absolute atomic E-state index is 12.9. The smallest absolute Gasteiger partial charge is 0.341 e. The number of fused-ring (bicyclic) bond motifs is 1. The van der Waals surface area contributed by atoms with E-state index in [1.165, 1.54) is 18.2 Å². The van der Waals surface area contributed by atoms with E-state index >= 15 is 0 Å². The predicted octanol–water partition coefficient (Wildman–Crippen LogP) is 1.43. The molecule has 1 heterocycles. The Morgan fingerprint density at radius 3 is 3.13 bits per heavy atom. The minimum atomic E-state index is -1.14. The van der Waals surface area contributed by atoms with E-state index in [9.17, 15) is 9.18 Å². The van der Waals surface area contributed by atoms with Crippen LogP contribution in [0.5, 0.6) is 5.88 Å². The molecule has 0 aliphatic rings. The van der Waals surface area contributed by atoms with Crippen molar-refractivity contribution in [2.24, 2.45) is 0 Å². The molecular weight excluding hydrogens is 205 g/mol. The van der Waals surface area contributed by atoms with Crippen LogP contribution in [-0.2, 0) is 4.79 Å². The Kier molecular flexibility index (Phi) is 2.24. The Morgan fingerprint density at radius 2 is 2.40 bits per heavy atom. The van der Waals surface area contributed by atoms with Gasteiger partial charge in [0.2, 0.25) is 0 Å². The van der Waals surface area contributed by atoms with Crippen LogP contribution in [0, 0.1) is 5.82 Å². The molecule has 0 unspecified atom stereocenters. The first-order valence-corrected chi connectivity index (χ1v) is 4.06. The lowest BCUT2D eigenvalue weighted by Gasteiger charge is -1.96. The number of hydrogen-bond donors (Lipinski definition) is 1. The van der Waals surface area contributed by atoms with Crippen molar-refractivity contribution in [3.8, 4) is 5.88 Å². The van der Waals surface area contributed by atoms with Gasteiger partial charge in [0, 0.05) is 0 Å². The van der Waals surface area contributed by atoms with Crippen LogP contribution in [0.1, 0.15) is 0 Å². The van der Waals surface area contributed by atoms with Crippen LogP contribution in [0.25, 0.3) is 11.0 Å². The monoisotopic (exact) mass is 211 g/mol. The number of benzene rings is 1. The highest BCUT2D eigenvalue weighted by Gasteiger charge is 2.11. The maximum atomic E-state index is 12.9. The fourth-order valence-electron chi connectivity index (χ4n) is 1.12. The molecule has 78 valence electrons. The van der Waals surface area contributed by atoms with Crippen LogP contribution in [0.3, 0.4) is 0 Å². The number of carboxylic acid groups (broad SMARTS) is 1. The van der Waals surface area contributed by atoms with Gasteiger partial charge in [0.15, 0.2) is 12.2 Å². The van der Waals surface area contributed by atoms with Gasteiger partial charge in [-0.1, -0.05) is 0 Å². The normalized spacial score (nSPS) is 10.5. The summed E-state index contributed by atoms with van der Waals surface area (Å²) >= 11 is 0. The maximum Gasteiger partial charge on any atom is 0.341 e. The molecule has 0 fully saturated rings. The van der Waals surface area contributed by atoms with E-state index in [-0.39, 0.29) is 5.88 Å². The summed E-state index contributed by atoms with van der Waals surface area (Å²) in [5, 5.41) is 12.2. The van der Waals surface area contributed by atoms with E-state index in [0.29, 0.717) is 11.0 Å². The molecule has 0 saturated carbocycles. The zero-order valence-corrected chi connectivity index (χ0v) is 7.44. The minimum absolute atomic E-state index is 0.0214. The molecule has 15 heavy (non-hydrogen) atoms. The summed E-state index contributed by atoms with van der Waals surface area (Å²) in [6.07, 6.45) is 0. The zero-order valence-electron chi connectivity index (χ0n) is 7.44. The highest BCUT2D eigenvalue weighted by Crippen LogP contribution is 2.25. The summed E-state index contributed by atoms with van der Waals surface area (Å²) in [6, 6.07) is 3.78. The fourth-order valence-corrected chi connectivity index (χ4v) is 1.12. The van der Waals surface area contributed by atoms with Crippen LogP contribution in [-0.4, -0.2) is 22.8 Å². The summed E-state index contributed by atoms with van der Waals surface area (Å²) in [4.78, 5) is 10.2. The van der Waals surface area contributed by atoms with Crippen molar-refractivity contribution in [3.05, 3.63) is 24.0 Å². The molecule has 5 nitrogen and oxygen atoms in total. The number of nitrogens with zero attached hydrogens (tertiary/aromatic N) is 1. The first-order valence-electron chi connectivity index (χ1n) is 4.06. The molecule has 1 aromatic heterocycles. The third-order valence-electron chi connectivity index (χ3n) is 1.73. The molecule has 0 saturated heterocycles. The van der Waals surface area contributed by atoms with Crippen molar-refractivity contribution in [3.63, 3.8) is 0 Å². The molecule has 0 aliphatic carbocycles. The van der Waals surface area contributed by atoms with Crippen molar-refractivity contribution < 1.29 is 23.6 Å². The average Bonchev–Trinajstić information content (AvgIpc) is 2.57. The van der Waals surface area contributed by atoms with Gasteiger partial charge in [-0.2, -0.15) is 0 Å². The summed E-state index contributed by atoms with van der Waals surface area (Å²) in [7, 11) is 0. The van der Waals surface area contributed by atoms with E-state index in [1.807, 2.05) is 0 Å². The van der Waals surface area contributed by atoms with Gasteiger partial charge >= 0.3 is 5.97 Å². The van der Waals surface area contributed by atoms with Crippen molar-refractivity contribution in [2.45, 2.75) is 0 Å². The second kappa shape index (κ2) is 3.56. The number of carboxylic acids is 1. The van der Waals surface area contributed by atoms with Crippen LogP contribution in [0.4, 0.5) is 4.39 Å². The van der Waals surface area contributed by atoms with Crippen molar-refractivity contribution in [2.75, 3.05) is 6.61 Å². The number of rotatable bonds is 3. The van der Waals surface area contributed by atoms with Gasteiger partial charge in [-0.25, -0.2) is 9.18 Å². The second-order valence-electron chi connectivity index (χ2n) is 2.81. The average molecular weight is 211 g/mol. The van der Waals surface area contributed by atoms with Gasteiger partial charge in [-0.15, -0.1) is 0 Å². The Hall–Kier alpha value is -2.11. The van der Waals surface area contributed by atoms with Gasteiger partial charge < -0.3 is 14.4 Å². The lowest BCUT2D eigenvalue weighted by molar-refractivity contribution is -0.139. The van der Waals surface area contributed by atoms with E-state index < -0.39 is 18.4 Å². The van der Waals surface area contributed by atoms with Crippen molar-refractivity contribution in [1.29, 1.82) is 0 Å². The Morgan fingerprint density at radius 1 is 1.60 bits per heavy atom. The van der Waals surface area contributed by atoms with Crippen LogP contribution >= 0.6 is 0 Å². The third kappa shape index (κ3) is 1.88. The van der Waals surface area contributed by atoms with Crippen molar-refractivity contribution >= 4 is 16.9 Å². The lowest BCUT2D eigenvalue weighted by Crippen LogP contribution is -2.09.